The van der Waals surface area contributed by atoms with E-state index in [-0.39, 0.29) is 5.41 Å². The lowest BCUT2D eigenvalue weighted by molar-refractivity contribution is 0.332. The molecule has 4 heteroatoms. The number of halogens is 1. The van der Waals surface area contributed by atoms with Crippen LogP contribution in [0.15, 0.2) is 12.4 Å². The van der Waals surface area contributed by atoms with Crippen molar-refractivity contribution in [2.45, 2.75) is 33.2 Å². The number of imidazole rings is 1. The van der Waals surface area contributed by atoms with Crippen molar-refractivity contribution in [2.24, 2.45) is 12.5 Å². The first kappa shape index (κ1) is 12.4. The van der Waals surface area contributed by atoms with E-state index in [0.717, 1.165) is 12.4 Å². The Morgan fingerprint density at radius 2 is 2.20 bits per heavy atom. The van der Waals surface area contributed by atoms with E-state index < -0.39 is 0 Å². The van der Waals surface area contributed by atoms with Crippen LogP contribution in [0.2, 0.25) is 0 Å². The van der Waals surface area contributed by atoms with Crippen LogP contribution in [0, 0.1) is 5.41 Å². The molecule has 0 radical (unpaired) electrons. The molecule has 1 aromatic heterocycles. The fourth-order valence-corrected chi connectivity index (χ4v) is 1.71. The van der Waals surface area contributed by atoms with Crippen LogP contribution in [0.25, 0.3) is 0 Å². The Labute approximate surface area is 96.8 Å². The summed E-state index contributed by atoms with van der Waals surface area (Å²) < 4.78 is 1.98. The molecule has 0 saturated heterocycles. The second-order valence-corrected chi connectivity index (χ2v) is 5.28. The summed E-state index contributed by atoms with van der Waals surface area (Å²) in [7, 11) is 1.98. The van der Waals surface area contributed by atoms with Gasteiger partial charge in [0.1, 0.15) is 0 Å². The first-order chi connectivity index (χ1) is 6.95. The normalized spacial score (nSPS) is 13.9. The third-order valence-corrected chi connectivity index (χ3v) is 2.79. The van der Waals surface area contributed by atoms with Crippen LogP contribution < -0.4 is 5.32 Å². The minimum absolute atomic E-state index is 0.181. The zero-order chi connectivity index (χ0) is 11.5. The van der Waals surface area contributed by atoms with E-state index in [1.807, 2.05) is 17.8 Å². The highest BCUT2D eigenvalue weighted by atomic mass is 35.5. The summed E-state index contributed by atoms with van der Waals surface area (Å²) in [5.74, 6) is 1.57. The number of nitrogens with one attached hydrogen (secondary N) is 1. The number of anilines is 1. The molecule has 86 valence electrons. The van der Waals surface area contributed by atoms with Crippen LogP contribution in [0.3, 0.4) is 0 Å². The second kappa shape index (κ2) is 4.88. The van der Waals surface area contributed by atoms with Crippen LogP contribution >= 0.6 is 11.6 Å². The molecule has 0 aliphatic rings. The highest BCUT2D eigenvalue weighted by Gasteiger charge is 2.24. The van der Waals surface area contributed by atoms with Crippen LogP contribution in [0.5, 0.6) is 0 Å². The Morgan fingerprint density at radius 3 is 2.60 bits per heavy atom. The summed E-state index contributed by atoms with van der Waals surface area (Å²) in [6, 6.07) is 0.344. The molecule has 1 aromatic rings. The number of aryl methyl sites for hydroxylation is 1. The molecule has 0 aliphatic heterocycles. The molecule has 0 bridgehead atoms. The minimum Gasteiger partial charge on any atom is -0.352 e. The van der Waals surface area contributed by atoms with Gasteiger partial charge in [0.2, 0.25) is 5.95 Å². The lowest BCUT2D eigenvalue weighted by Gasteiger charge is -2.31. The van der Waals surface area contributed by atoms with Crippen molar-refractivity contribution < 1.29 is 0 Å². The van der Waals surface area contributed by atoms with Gasteiger partial charge in [-0.15, -0.1) is 11.6 Å². The number of rotatable bonds is 4. The van der Waals surface area contributed by atoms with Crippen molar-refractivity contribution in [1.29, 1.82) is 0 Å². The van der Waals surface area contributed by atoms with E-state index >= 15 is 0 Å². The van der Waals surface area contributed by atoms with Gasteiger partial charge in [-0.3, -0.25) is 0 Å². The fourth-order valence-electron chi connectivity index (χ4n) is 1.49. The van der Waals surface area contributed by atoms with Crippen LogP contribution in [-0.2, 0) is 7.05 Å². The van der Waals surface area contributed by atoms with Gasteiger partial charge >= 0.3 is 0 Å². The zero-order valence-corrected chi connectivity index (χ0v) is 10.7. The predicted molar refractivity (Wildman–Crippen MR) is 65.4 cm³/mol. The van der Waals surface area contributed by atoms with Crippen molar-refractivity contribution in [1.82, 2.24) is 9.55 Å². The fraction of sp³-hybridized carbons (Fsp3) is 0.727. The monoisotopic (exact) mass is 229 g/mol. The summed E-state index contributed by atoms with van der Waals surface area (Å²) in [6.07, 6.45) is 4.67. The van der Waals surface area contributed by atoms with Gasteiger partial charge < -0.3 is 9.88 Å². The number of nitrogens with zero attached hydrogens (tertiary/aromatic N) is 2. The predicted octanol–water partition coefficient (Wildman–Crippen LogP) is 2.88. The number of alkyl halides is 1. The molecule has 0 aromatic carbocycles. The zero-order valence-electron chi connectivity index (χ0n) is 9.92. The maximum Gasteiger partial charge on any atom is 0.202 e. The molecule has 1 unspecified atom stereocenters. The molecule has 1 N–H and O–H groups in total. The summed E-state index contributed by atoms with van der Waals surface area (Å²) in [5.41, 5.74) is 0.181. The molecular formula is C11H20ClN3. The Balaban J connectivity index is 2.71. The first-order valence-electron chi connectivity index (χ1n) is 5.25. The molecule has 0 aliphatic carbocycles. The van der Waals surface area contributed by atoms with Gasteiger partial charge in [0.15, 0.2) is 0 Å². The maximum absolute atomic E-state index is 5.82. The Hall–Kier alpha value is -0.700. The molecule has 0 saturated carbocycles. The number of hydrogen-bond acceptors (Lipinski definition) is 2. The summed E-state index contributed by atoms with van der Waals surface area (Å²) >= 11 is 5.82. The highest BCUT2D eigenvalue weighted by Crippen LogP contribution is 2.25. The van der Waals surface area contributed by atoms with Crippen LogP contribution in [0.4, 0.5) is 5.95 Å². The molecule has 1 atom stereocenters. The quantitative estimate of drug-likeness (QED) is 0.805. The van der Waals surface area contributed by atoms with Crippen LogP contribution in [0.1, 0.15) is 27.2 Å². The van der Waals surface area contributed by atoms with Gasteiger partial charge in [-0.25, -0.2) is 4.98 Å². The summed E-state index contributed by atoms with van der Waals surface area (Å²) in [5, 5.41) is 3.44. The summed E-state index contributed by atoms with van der Waals surface area (Å²) in [6.45, 7) is 6.63. The number of aromatic nitrogens is 2. The minimum atomic E-state index is 0.181. The molecule has 0 fully saturated rings. The average Bonchev–Trinajstić information content (AvgIpc) is 2.49. The van der Waals surface area contributed by atoms with E-state index in [1.165, 1.54) is 0 Å². The molecule has 15 heavy (non-hydrogen) atoms. The molecule has 0 amide bonds. The molecule has 1 rings (SSSR count). The Morgan fingerprint density at radius 1 is 1.53 bits per heavy atom. The highest BCUT2D eigenvalue weighted by molar-refractivity contribution is 6.17. The third-order valence-electron chi connectivity index (χ3n) is 2.57. The van der Waals surface area contributed by atoms with Crippen molar-refractivity contribution >= 4 is 17.5 Å². The van der Waals surface area contributed by atoms with Gasteiger partial charge in [-0.1, -0.05) is 20.8 Å². The van der Waals surface area contributed by atoms with E-state index in [4.69, 9.17) is 11.6 Å². The van der Waals surface area contributed by atoms with Gasteiger partial charge in [0, 0.05) is 31.4 Å². The lowest BCUT2D eigenvalue weighted by atomic mass is 9.85. The van der Waals surface area contributed by atoms with E-state index in [0.29, 0.717) is 11.9 Å². The van der Waals surface area contributed by atoms with Crippen molar-refractivity contribution in [2.75, 3.05) is 11.2 Å². The van der Waals surface area contributed by atoms with Gasteiger partial charge in [-0.05, 0) is 11.8 Å². The Kier molecular flexibility index (Phi) is 4.03. The van der Waals surface area contributed by atoms with Gasteiger partial charge in [-0.2, -0.15) is 0 Å². The van der Waals surface area contributed by atoms with Crippen LogP contribution in [-0.4, -0.2) is 21.5 Å². The molecular weight excluding hydrogens is 210 g/mol. The third kappa shape index (κ3) is 3.42. The van der Waals surface area contributed by atoms with Gasteiger partial charge in [0.05, 0.1) is 0 Å². The first-order valence-corrected chi connectivity index (χ1v) is 5.78. The van der Waals surface area contributed by atoms with E-state index in [1.54, 1.807) is 6.20 Å². The molecule has 0 spiro atoms. The number of hydrogen-bond donors (Lipinski definition) is 1. The molecule has 3 nitrogen and oxygen atoms in total. The summed E-state index contributed by atoms with van der Waals surface area (Å²) in [4.78, 5) is 4.26. The van der Waals surface area contributed by atoms with Crippen molar-refractivity contribution in [3.63, 3.8) is 0 Å². The smallest absolute Gasteiger partial charge is 0.202 e. The maximum atomic E-state index is 5.82. The van der Waals surface area contributed by atoms with E-state index in [2.05, 4.69) is 31.1 Å². The average molecular weight is 230 g/mol. The van der Waals surface area contributed by atoms with Crippen molar-refractivity contribution in [3.8, 4) is 0 Å². The van der Waals surface area contributed by atoms with Crippen molar-refractivity contribution in [3.05, 3.63) is 12.4 Å². The van der Waals surface area contributed by atoms with E-state index in [9.17, 15) is 0 Å². The lowest BCUT2D eigenvalue weighted by Crippen LogP contribution is -2.35. The molecule has 1 heterocycles. The Bertz CT molecular complexity index is 301. The largest absolute Gasteiger partial charge is 0.352 e. The van der Waals surface area contributed by atoms with Gasteiger partial charge in [0.25, 0.3) is 0 Å². The topological polar surface area (TPSA) is 29.9 Å². The second-order valence-electron chi connectivity index (χ2n) is 4.90. The SMILES string of the molecule is Cn1ccnc1NC(CCCl)C(C)(C)C. The standard InChI is InChI=1S/C11H20ClN3/c1-11(2,3)9(5-6-12)14-10-13-7-8-15(10)4/h7-9H,5-6H2,1-4H3,(H,13,14).